The Morgan fingerprint density at radius 2 is 2.21 bits per heavy atom. The number of nitrogens with zero attached hydrogens (tertiary/aromatic N) is 2. The molecule has 1 unspecified atom stereocenters. The van der Waals surface area contributed by atoms with Gasteiger partial charge in [-0.05, 0) is 30.2 Å². The summed E-state index contributed by atoms with van der Waals surface area (Å²) in [5.41, 5.74) is 8.54. The standard InChI is InChI=1S/C15H21N3S/c16-8-14(12-4-2-1-3-5-12)18-11-17-9-15(18)13-6-7-19-10-13/h6-7,9-12,14H,1-5,8,16H2. The summed E-state index contributed by atoms with van der Waals surface area (Å²) in [5.74, 6) is 0.713. The van der Waals surface area contributed by atoms with Crippen molar-refractivity contribution < 1.29 is 0 Å². The average molecular weight is 275 g/mol. The molecule has 0 amide bonds. The second-order valence-electron chi connectivity index (χ2n) is 5.40. The van der Waals surface area contributed by atoms with E-state index in [4.69, 9.17) is 5.73 Å². The van der Waals surface area contributed by atoms with Crippen LogP contribution in [0, 0.1) is 5.92 Å². The lowest BCUT2D eigenvalue weighted by Crippen LogP contribution is -2.28. The van der Waals surface area contributed by atoms with E-state index in [1.54, 1.807) is 11.3 Å². The monoisotopic (exact) mass is 275 g/mol. The maximum absolute atomic E-state index is 6.07. The smallest absolute Gasteiger partial charge is 0.0954 e. The Kier molecular flexibility index (Phi) is 3.99. The molecule has 1 aliphatic carbocycles. The topological polar surface area (TPSA) is 43.8 Å². The summed E-state index contributed by atoms with van der Waals surface area (Å²) in [6.07, 6.45) is 10.6. The van der Waals surface area contributed by atoms with Crippen molar-refractivity contribution in [3.8, 4) is 11.3 Å². The van der Waals surface area contributed by atoms with Gasteiger partial charge >= 0.3 is 0 Å². The molecule has 2 N–H and O–H groups in total. The van der Waals surface area contributed by atoms with Crippen molar-refractivity contribution in [3.63, 3.8) is 0 Å². The van der Waals surface area contributed by atoms with Crippen molar-refractivity contribution >= 4 is 11.3 Å². The van der Waals surface area contributed by atoms with Crippen LogP contribution < -0.4 is 5.73 Å². The fourth-order valence-corrected chi connectivity index (χ4v) is 3.90. The molecule has 3 nitrogen and oxygen atoms in total. The van der Waals surface area contributed by atoms with E-state index in [9.17, 15) is 0 Å². The highest BCUT2D eigenvalue weighted by molar-refractivity contribution is 7.08. The molecule has 19 heavy (non-hydrogen) atoms. The summed E-state index contributed by atoms with van der Waals surface area (Å²) >= 11 is 1.73. The van der Waals surface area contributed by atoms with E-state index in [1.807, 2.05) is 12.5 Å². The van der Waals surface area contributed by atoms with Gasteiger partial charge in [-0.1, -0.05) is 19.3 Å². The van der Waals surface area contributed by atoms with E-state index in [2.05, 4.69) is 26.4 Å². The largest absolute Gasteiger partial charge is 0.328 e. The molecular weight excluding hydrogens is 254 g/mol. The van der Waals surface area contributed by atoms with E-state index >= 15 is 0 Å². The second kappa shape index (κ2) is 5.88. The van der Waals surface area contributed by atoms with Crippen LogP contribution in [-0.2, 0) is 0 Å². The molecule has 2 aromatic rings. The quantitative estimate of drug-likeness (QED) is 0.924. The zero-order valence-corrected chi connectivity index (χ0v) is 12.0. The summed E-state index contributed by atoms with van der Waals surface area (Å²) < 4.78 is 2.30. The number of rotatable bonds is 4. The van der Waals surface area contributed by atoms with Crippen LogP contribution in [0.4, 0.5) is 0 Å². The highest BCUT2D eigenvalue weighted by Crippen LogP contribution is 2.35. The molecule has 1 fully saturated rings. The molecule has 0 saturated heterocycles. The third kappa shape index (κ3) is 2.60. The number of thiophene rings is 1. The highest BCUT2D eigenvalue weighted by Gasteiger charge is 2.25. The Bertz CT molecular complexity index is 497. The molecule has 0 spiro atoms. The Balaban J connectivity index is 1.89. The Labute approximate surface area is 118 Å². The van der Waals surface area contributed by atoms with Crippen molar-refractivity contribution in [2.24, 2.45) is 11.7 Å². The van der Waals surface area contributed by atoms with Crippen molar-refractivity contribution in [1.82, 2.24) is 9.55 Å². The van der Waals surface area contributed by atoms with Gasteiger partial charge in [0, 0.05) is 17.5 Å². The minimum Gasteiger partial charge on any atom is -0.328 e. The number of hydrogen-bond acceptors (Lipinski definition) is 3. The normalized spacial score (nSPS) is 18.6. The van der Waals surface area contributed by atoms with Gasteiger partial charge in [-0.2, -0.15) is 11.3 Å². The number of imidazole rings is 1. The molecular formula is C15H21N3S. The van der Waals surface area contributed by atoms with Gasteiger partial charge in [-0.3, -0.25) is 0 Å². The van der Waals surface area contributed by atoms with Crippen LogP contribution in [0.25, 0.3) is 11.3 Å². The van der Waals surface area contributed by atoms with E-state index in [1.165, 1.54) is 43.4 Å². The SMILES string of the molecule is NCC(C1CCCCC1)n1cncc1-c1ccsc1. The minimum absolute atomic E-state index is 0.401. The molecule has 3 rings (SSSR count). The van der Waals surface area contributed by atoms with Gasteiger partial charge in [0.2, 0.25) is 0 Å². The average Bonchev–Trinajstić information content (AvgIpc) is 3.11. The molecule has 1 saturated carbocycles. The molecule has 0 radical (unpaired) electrons. The number of nitrogens with two attached hydrogens (primary N) is 1. The molecule has 4 heteroatoms. The first-order valence-electron chi connectivity index (χ1n) is 7.14. The molecule has 1 atom stereocenters. The van der Waals surface area contributed by atoms with Crippen LogP contribution in [-0.4, -0.2) is 16.1 Å². The molecule has 102 valence electrons. The Hall–Kier alpha value is -1.13. The van der Waals surface area contributed by atoms with E-state index in [0.717, 1.165) is 0 Å². The Morgan fingerprint density at radius 1 is 1.37 bits per heavy atom. The van der Waals surface area contributed by atoms with Crippen molar-refractivity contribution in [1.29, 1.82) is 0 Å². The number of hydrogen-bond donors (Lipinski definition) is 1. The zero-order valence-electron chi connectivity index (χ0n) is 11.2. The first kappa shape index (κ1) is 12.9. The van der Waals surface area contributed by atoms with Crippen LogP contribution in [0.5, 0.6) is 0 Å². The van der Waals surface area contributed by atoms with Crippen LogP contribution in [0.1, 0.15) is 38.1 Å². The fraction of sp³-hybridized carbons (Fsp3) is 0.533. The Morgan fingerprint density at radius 3 is 2.89 bits per heavy atom. The maximum atomic E-state index is 6.07. The molecule has 2 heterocycles. The van der Waals surface area contributed by atoms with Gasteiger partial charge in [0.1, 0.15) is 0 Å². The van der Waals surface area contributed by atoms with Gasteiger partial charge in [-0.15, -0.1) is 0 Å². The number of aromatic nitrogens is 2. The van der Waals surface area contributed by atoms with Crippen molar-refractivity contribution in [2.75, 3.05) is 6.54 Å². The van der Waals surface area contributed by atoms with Crippen LogP contribution in [0.3, 0.4) is 0 Å². The highest BCUT2D eigenvalue weighted by atomic mass is 32.1. The van der Waals surface area contributed by atoms with Crippen LogP contribution >= 0.6 is 11.3 Å². The minimum atomic E-state index is 0.401. The third-order valence-corrected chi connectivity index (χ3v) is 4.96. The van der Waals surface area contributed by atoms with Gasteiger partial charge in [-0.25, -0.2) is 4.98 Å². The summed E-state index contributed by atoms with van der Waals surface area (Å²) in [5, 5.41) is 4.30. The predicted molar refractivity (Wildman–Crippen MR) is 80.2 cm³/mol. The molecule has 0 aromatic carbocycles. The fourth-order valence-electron chi connectivity index (χ4n) is 3.25. The van der Waals surface area contributed by atoms with Gasteiger partial charge in [0.25, 0.3) is 0 Å². The van der Waals surface area contributed by atoms with Crippen molar-refractivity contribution in [3.05, 3.63) is 29.4 Å². The van der Waals surface area contributed by atoms with Crippen LogP contribution in [0.15, 0.2) is 29.4 Å². The van der Waals surface area contributed by atoms with Crippen LogP contribution in [0.2, 0.25) is 0 Å². The lowest BCUT2D eigenvalue weighted by molar-refractivity contribution is 0.255. The van der Waals surface area contributed by atoms with E-state index in [-0.39, 0.29) is 0 Å². The predicted octanol–water partition coefficient (Wildman–Crippen LogP) is 3.69. The summed E-state index contributed by atoms with van der Waals surface area (Å²) in [4.78, 5) is 4.35. The van der Waals surface area contributed by atoms with Crippen molar-refractivity contribution in [2.45, 2.75) is 38.1 Å². The van der Waals surface area contributed by atoms with Gasteiger partial charge in [0.05, 0.1) is 24.3 Å². The molecule has 2 aromatic heterocycles. The summed E-state index contributed by atoms with van der Waals surface area (Å²) in [6, 6.07) is 2.56. The van der Waals surface area contributed by atoms with E-state index in [0.29, 0.717) is 18.5 Å². The maximum Gasteiger partial charge on any atom is 0.0954 e. The van der Waals surface area contributed by atoms with E-state index < -0.39 is 0 Å². The first-order chi connectivity index (χ1) is 9.40. The third-order valence-electron chi connectivity index (χ3n) is 4.28. The summed E-state index contributed by atoms with van der Waals surface area (Å²) in [7, 11) is 0. The zero-order chi connectivity index (χ0) is 13.1. The van der Waals surface area contributed by atoms with Gasteiger partial charge < -0.3 is 10.3 Å². The second-order valence-corrected chi connectivity index (χ2v) is 6.18. The lowest BCUT2D eigenvalue weighted by atomic mass is 9.83. The first-order valence-corrected chi connectivity index (χ1v) is 8.09. The lowest BCUT2D eigenvalue weighted by Gasteiger charge is -2.31. The van der Waals surface area contributed by atoms with Gasteiger partial charge in [0.15, 0.2) is 0 Å². The molecule has 1 aliphatic rings. The molecule has 0 bridgehead atoms. The molecule has 0 aliphatic heterocycles. The summed E-state index contributed by atoms with van der Waals surface area (Å²) in [6.45, 7) is 0.707.